The number of carbonyl (C=O) groups excluding carboxylic acids is 2. The largest absolute Gasteiger partial charge is 0.350 e. The van der Waals surface area contributed by atoms with Crippen LogP contribution in [0, 0.1) is 6.92 Å². The van der Waals surface area contributed by atoms with Crippen LogP contribution >= 0.6 is 12.4 Å². The molecule has 5 nitrogen and oxygen atoms in total. The first kappa shape index (κ1) is 20.5. The molecule has 0 atom stereocenters. The third-order valence-corrected chi connectivity index (χ3v) is 4.36. The number of hydrogen-bond donors (Lipinski definition) is 3. The fraction of sp³-hybridized carbons (Fsp3) is 0.556. The van der Waals surface area contributed by atoms with E-state index in [1.807, 2.05) is 32.9 Å². The minimum absolute atomic E-state index is 0. The highest BCUT2D eigenvalue weighted by molar-refractivity contribution is 6.01. The molecule has 0 unspecified atom stereocenters. The van der Waals surface area contributed by atoms with Gasteiger partial charge in [-0.3, -0.25) is 9.59 Å². The molecule has 1 aliphatic carbocycles. The number of carbonyl (C=O) groups is 2. The van der Waals surface area contributed by atoms with Gasteiger partial charge in [0.25, 0.3) is 5.91 Å². The smallest absolute Gasteiger partial charge is 0.251 e. The monoisotopic (exact) mass is 353 g/mol. The second-order valence-corrected chi connectivity index (χ2v) is 6.83. The number of aryl methyl sites for hydroxylation is 1. The first-order valence-electron chi connectivity index (χ1n) is 8.34. The van der Waals surface area contributed by atoms with E-state index in [4.69, 9.17) is 5.73 Å². The van der Waals surface area contributed by atoms with Crippen molar-refractivity contribution in [3.8, 4) is 0 Å². The van der Waals surface area contributed by atoms with Crippen LogP contribution in [0.5, 0.6) is 0 Å². The van der Waals surface area contributed by atoms with Gasteiger partial charge in [-0.15, -0.1) is 12.4 Å². The summed E-state index contributed by atoms with van der Waals surface area (Å²) in [5.74, 6) is -0.287. The predicted molar refractivity (Wildman–Crippen MR) is 99.7 cm³/mol. The SMILES string of the molecule is Cc1ccc(NC(=O)C2(N)CCCCC2)cc1C(=O)NC(C)C.Cl. The lowest BCUT2D eigenvalue weighted by atomic mass is 9.82. The van der Waals surface area contributed by atoms with Crippen molar-refractivity contribution in [3.05, 3.63) is 29.3 Å². The molecule has 1 aromatic carbocycles. The van der Waals surface area contributed by atoms with Crippen molar-refractivity contribution in [2.45, 2.75) is 64.5 Å². The van der Waals surface area contributed by atoms with Crippen LogP contribution in [0.15, 0.2) is 18.2 Å². The van der Waals surface area contributed by atoms with E-state index in [0.717, 1.165) is 24.8 Å². The normalized spacial score (nSPS) is 16.2. The third kappa shape index (κ3) is 4.95. The van der Waals surface area contributed by atoms with Gasteiger partial charge in [-0.25, -0.2) is 0 Å². The summed E-state index contributed by atoms with van der Waals surface area (Å²) in [6.45, 7) is 5.71. The Bertz CT molecular complexity index is 596. The molecule has 6 heteroatoms. The van der Waals surface area contributed by atoms with Gasteiger partial charge in [0.2, 0.25) is 5.91 Å². The maximum Gasteiger partial charge on any atom is 0.251 e. The summed E-state index contributed by atoms with van der Waals surface area (Å²) in [6.07, 6.45) is 4.53. The summed E-state index contributed by atoms with van der Waals surface area (Å²) in [7, 11) is 0. The highest BCUT2D eigenvalue weighted by atomic mass is 35.5. The maximum atomic E-state index is 12.5. The summed E-state index contributed by atoms with van der Waals surface area (Å²) in [5, 5.41) is 5.76. The molecule has 0 radical (unpaired) electrons. The number of nitrogens with one attached hydrogen (secondary N) is 2. The number of hydrogen-bond acceptors (Lipinski definition) is 3. The Hall–Kier alpha value is -1.59. The van der Waals surface area contributed by atoms with E-state index in [1.165, 1.54) is 0 Å². The summed E-state index contributed by atoms with van der Waals surface area (Å²) in [6, 6.07) is 5.44. The van der Waals surface area contributed by atoms with Gasteiger partial charge in [0.15, 0.2) is 0 Å². The van der Waals surface area contributed by atoms with Crippen LogP contribution in [-0.4, -0.2) is 23.4 Å². The van der Waals surface area contributed by atoms with Crippen LogP contribution in [0.2, 0.25) is 0 Å². The van der Waals surface area contributed by atoms with Crippen LogP contribution in [0.25, 0.3) is 0 Å². The van der Waals surface area contributed by atoms with Crippen molar-refractivity contribution in [2.24, 2.45) is 5.73 Å². The van der Waals surface area contributed by atoms with Crippen molar-refractivity contribution in [3.63, 3.8) is 0 Å². The molecule has 24 heavy (non-hydrogen) atoms. The molecule has 0 saturated heterocycles. The molecule has 0 heterocycles. The minimum atomic E-state index is -0.788. The molecule has 1 aromatic rings. The number of anilines is 1. The molecular weight excluding hydrogens is 326 g/mol. The Morgan fingerprint density at radius 1 is 1.17 bits per heavy atom. The molecule has 2 amide bonds. The lowest BCUT2D eigenvalue weighted by Gasteiger charge is -2.31. The first-order valence-corrected chi connectivity index (χ1v) is 8.34. The van der Waals surface area contributed by atoms with Crippen LogP contribution in [0.4, 0.5) is 5.69 Å². The number of halogens is 1. The molecule has 1 fully saturated rings. The van der Waals surface area contributed by atoms with E-state index in [2.05, 4.69) is 10.6 Å². The standard InChI is InChI=1S/C18H27N3O2.ClH/c1-12(2)20-16(22)15-11-14(8-7-13(15)3)21-17(23)18(19)9-5-4-6-10-18;/h7-8,11-12H,4-6,9-10,19H2,1-3H3,(H,20,22)(H,21,23);1H. The maximum absolute atomic E-state index is 12.5. The zero-order valence-electron chi connectivity index (χ0n) is 14.6. The molecular formula is C18H28ClN3O2. The van der Waals surface area contributed by atoms with Gasteiger partial charge >= 0.3 is 0 Å². The molecule has 134 valence electrons. The van der Waals surface area contributed by atoms with Crippen LogP contribution in [-0.2, 0) is 4.79 Å². The Labute approximate surface area is 150 Å². The van der Waals surface area contributed by atoms with Crippen molar-refractivity contribution < 1.29 is 9.59 Å². The van der Waals surface area contributed by atoms with E-state index in [0.29, 0.717) is 24.1 Å². The minimum Gasteiger partial charge on any atom is -0.350 e. The zero-order chi connectivity index (χ0) is 17.0. The Balaban J connectivity index is 0.00000288. The average Bonchev–Trinajstić information content (AvgIpc) is 2.49. The first-order chi connectivity index (χ1) is 10.8. The summed E-state index contributed by atoms with van der Waals surface area (Å²) >= 11 is 0. The van der Waals surface area contributed by atoms with Gasteiger partial charge in [-0.05, 0) is 51.3 Å². The lowest BCUT2D eigenvalue weighted by molar-refractivity contribution is -0.122. The van der Waals surface area contributed by atoms with Gasteiger partial charge < -0.3 is 16.4 Å². The third-order valence-electron chi connectivity index (χ3n) is 4.36. The van der Waals surface area contributed by atoms with Gasteiger partial charge in [-0.2, -0.15) is 0 Å². The molecule has 0 bridgehead atoms. The van der Waals surface area contributed by atoms with Gasteiger partial charge in [0.05, 0.1) is 5.54 Å². The summed E-state index contributed by atoms with van der Waals surface area (Å²) in [4.78, 5) is 24.7. The van der Waals surface area contributed by atoms with Crippen molar-refractivity contribution >= 4 is 29.9 Å². The number of amides is 2. The Morgan fingerprint density at radius 3 is 2.38 bits per heavy atom. The van der Waals surface area contributed by atoms with E-state index >= 15 is 0 Å². The second-order valence-electron chi connectivity index (χ2n) is 6.83. The second kappa shape index (κ2) is 8.49. The predicted octanol–water partition coefficient (Wildman–Crippen LogP) is 3.16. The van der Waals surface area contributed by atoms with Gasteiger partial charge in [-0.1, -0.05) is 25.3 Å². The van der Waals surface area contributed by atoms with E-state index in [1.54, 1.807) is 6.07 Å². The number of benzene rings is 1. The Kier molecular flexibility index (Phi) is 7.24. The number of rotatable bonds is 4. The van der Waals surface area contributed by atoms with Gasteiger partial charge in [0, 0.05) is 17.3 Å². The highest BCUT2D eigenvalue weighted by Gasteiger charge is 2.35. The Morgan fingerprint density at radius 2 is 1.79 bits per heavy atom. The van der Waals surface area contributed by atoms with Crippen molar-refractivity contribution in [1.82, 2.24) is 5.32 Å². The van der Waals surface area contributed by atoms with Crippen molar-refractivity contribution in [1.29, 1.82) is 0 Å². The molecule has 2 rings (SSSR count). The molecule has 1 aliphatic rings. The van der Waals surface area contributed by atoms with E-state index in [-0.39, 0.29) is 30.3 Å². The molecule has 0 aromatic heterocycles. The molecule has 1 saturated carbocycles. The van der Waals surface area contributed by atoms with E-state index in [9.17, 15) is 9.59 Å². The molecule has 0 aliphatic heterocycles. The van der Waals surface area contributed by atoms with Crippen LogP contribution < -0.4 is 16.4 Å². The quantitative estimate of drug-likeness (QED) is 0.777. The van der Waals surface area contributed by atoms with Crippen molar-refractivity contribution in [2.75, 3.05) is 5.32 Å². The summed E-state index contributed by atoms with van der Waals surface area (Å²) in [5.41, 5.74) is 7.53. The zero-order valence-corrected chi connectivity index (χ0v) is 15.5. The fourth-order valence-corrected chi connectivity index (χ4v) is 2.95. The molecule has 0 spiro atoms. The highest BCUT2D eigenvalue weighted by Crippen LogP contribution is 2.27. The average molecular weight is 354 g/mol. The van der Waals surface area contributed by atoms with E-state index < -0.39 is 5.54 Å². The number of nitrogens with two attached hydrogens (primary N) is 1. The topological polar surface area (TPSA) is 84.2 Å². The lowest BCUT2D eigenvalue weighted by Crippen LogP contribution is -2.52. The fourth-order valence-electron chi connectivity index (χ4n) is 2.95. The van der Waals surface area contributed by atoms with Gasteiger partial charge in [0.1, 0.15) is 0 Å². The molecule has 4 N–H and O–H groups in total. The van der Waals surface area contributed by atoms with Crippen LogP contribution in [0.1, 0.15) is 61.9 Å². The summed E-state index contributed by atoms with van der Waals surface area (Å²) < 4.78 is 0. The van der Waals surface area contributed by atoms with Crippen LogP contribution in [0.3, 0.4) is 0 Å².